The summed E-state index contributed by atoms with van der Waals surface area (Å²) >= 11 is 0. The van der Waals surface area contributed by atoms with Gasteiger partial charge in [0.05, 0.1) is 0 Å². The van der Waals surface area contributed by atoms with Gasteiger partial charge in [-0.3, -0.25) is 0 Å². The van der Waals surface area contributed by atoms with Crippen LogP contribution in [0.3, 0.4) is 0 Å². The minimum atomic E-state index is -2.55. The predicted octanol–water partition coefficient (Wildman–Crippen LogP) is 2.77. The van der Waals surface area contributed by atoms with Gasteiger partial charge in [0.2, 0.25) is 0 Å². The van der Waals surface area contributed by atoms with E-state index in [1.54, 1.807) is 0 Å². The van der Waals surface area contributed by atoms with Crippen molar-refractivity contribution >= 4 is 14.7 Å². The number of carbonyl (C=O) groups excluding carboxylic acids is 1. The van der Waals surface area contributed by atoms with Gasteiger partial charge in [0, 0.05) is 17.2 Å². The fourth-order valence-electron chi connectivity index (χ4n) is 1.72. The van der Waals surface area contributed by atoms with E-state index in [2.05, 4.69) is 0 Å². The van der Waals surface area contributed by atoms with Crippen molar-refractivity contribution in [1.29, 1.82) is 0 Å². The number of nitrogens with two attached hydrogens (primary N) is 1. The molecule has 0 aromatic heterocycles. The van der Waals surface area contributed by atoms with Crippen molar-refractivity contribution in [2.45, 2.75) is 58.7 Å². The molecule has 0 saturated carbocycles. The minimum absolute atomic E-state index is 0.0424. The summed E-state index contributed by atoms with van der Waals surface area (Å²) in [6.45, 7) is 11.9. The second-order valence-corrected chi connectivity index (χ2v) is 8.81. The maximum atomic E-state index is 11.0. The van der Waals surface area contributed by atoms with Crippen LogP contribution in [-0.2, 0) is 8.85 Å². The molecule has 0 aliphatic heterocycles. The fraction of sp³-hybridized carbons (Fsp3) is 0.900. The highest BCUT2D eigenvalue weighted by Gasteiger charge is 2.48. The van der Waals surface area contributed by atoms with Gasteiger partial charge in [-0.2, -0.15) is 0 Å². The third kappa shape index (κ3) is 3.83. The highest BCUT2D eigenvalue weighted by molar-refractivity contribution is 6.71. The Hall–Kier alpha value is -0.553. The molecule has 5 heteroatoms. The van der Waals surface area contributed by atoms with Gasteiger partial charge in [-0.15, -0.1) is 0 Å². The van der Waals surface area contributed by atoms with Crippen LogP contribution >= 0.6 is 0 Å². The van der Waals surface area contributed by atoms with Gasteiger partial charge in [-0.05, 0) is 13.8 Å². The van der Waals surface area contributed by atoms with Crippen LogP contribution in [0.5, 0.6) is 0 Å². The van der Waals surface area contributed by atoms with Gasteiger partial charge in [-0.1, -0.05) is 27.7 Å². The van der Waals surface area contributed by atoms with Crippen LogP contribution < -0.4 is 5.73 Å². The molecule has 90 valence electrons. The third-order valence-electron chi connectivity index (χ3n) is 2.29. The molecule has 15 heavy (non-hydrogen) atoms. The van der Waals surface area contributed by atoms with E-state index in [1.165, 1.54) is 0 Å². The van der Waals surface area contributed by atoms with Crippen LogP contribution in [0, 0.1) is 0 Å². The molecular formula is C10H23NO3Si. The lowest BCUT2D eigenvalue weighted by molar-refractivity contribution is 0.135. The molecule has 0 rings (SSSR count). The Balaban J connectivity index is 4.98. The average Bonchev–Trinajstić information content (AvgIpc) is 1.99. The molecule has 0 aliphatic rings. The molecule has 4 nitrogen and oxygen atoms in total. The summed E-state index contributed by atoms with van der Waals surface area (Å²) in [7, 11) is -2.55. The number of rotatable bonds is 5. The zero-order valence-electron chi connectivity index (χ0n) is 10.5. The lowest BCUT2D eigenvalue weighted by atomic mass is 10.5. The summed E-state index contributed by atoms with van der Waals surface area (Å²) in [5.74, 6) is 0. The summed E-state index contributed by atoms with van der Waals surface area (Å²) in [5.41, 5.74) is 5.50. The van der Waals surface area contributed by atoms with Crippen LogP contribution in [0.2, 0.25) is 11.1 Å². The summed E-state index contributed by atoms with van der Waals surface area (Å²) in [6, 6.07) is 0. The summed E-state index contributed by atoms with van der Waals surface area (Å²) < 4.78 is 11.2. The van der Waals surface area contributed by atoms with E-state index in [-0.39, 0.29) is 17.2 Å². The molecule has 0 saturated heterocycles. The summed E-state index contributed by atoms with van der Waals surface area (Å²) in [6.07, 6.45) is -0.689. The molecule has 0 heterocycles. The zero-order chi connectivity index (χ0) is 12.2. The van der Waals surface area contributed by atoms with E-state index < -0.39 is 14.7 Å². The van der Waals surface area contributed by atoms with E-state index in [0.717, 1.165) is 0 Å². The molecule has 2 N–H and O–H groups in total. The van der Waals surface area contributed by atoms with Crippen molar-refractivity contribution in [3.05, 3.63) is 0 Å². The van der Waals surface area contributed by atoms with Gasteiger partial charge < -0.3 is 14.6 Å². The van der Waals surface area contributed by atoms with Gasteiger partial charge in [0.1, 0.15) is 0 Å². The van der Waals surface area contributed by atoms with Crippen LogP contribution in [0.1, 0.15) is 41.5 Å². The Morgan fingerprint density at radius 2 is 1.47 bits per heavy atom. The fourth-order valence-corrected chi connectivity index (χ4v) is 5.17. The molecule has 0 aromatic rings. The molecule has 0 unspecified atom stereocenters. The summed E-state index contributed by atoms with van der Waals surface area (Å²) in [4.78, 5) is 11.0. The maximum Gasteiger partial charge on any atom is 0.408 e. The largest absolute Gasteiger partial charge is 0.478 e. The smallest absolute Gasteiger partial charge is 0.408 e. The second-order valence-electron chi connectivity index (χ2n) is 4.62. The van der Waals surface area contributed by atoms with Crippen molar-refractivity contribution < 1.29 is 13.6 Å². The van der Waals surface area contributed by atoms with Crippen LogP contribution in [0.15, 0.2) is 0 Å². The zero-order valence-corrected chi connectivity index (χ0v) is 11.5. The van der Waals surface area contributed by atoms with E-state index in [4.69, 9.17) is 14.6 Å². The second kappa shape index (κ2) is 5.51. The molecule has 0 radical (unpaired) electrons. The predicted molar refractivity (Wildman–Crippen MR) is 62.8 cm³/mol. The van der Waals surface area contributed by atoms with Gasteiger partial charge in [-0.25, -0.2) is 4.79 Å². The topological polar surface area (TPSA) is 61.6 Å². The number of hydrogen-bond donors (Lipinski definition) is 1. The van der Waals surface area contributed by atoms with Crippen LogP contribution in [-0.4, -0.2) is 20.8 Å². The first-order chi connectivity index (χ1) is 6.72. The monoisotopic (exact) mass is 233 g/mol. The van der Waals surface area contributed by atoms with Crippen molar-refractivity contribution in [3.8, 4) is 0 Å². The lowest BCUT2D eigenvalue weighted by Crippen LogP contribution is -2.52. The molecule has 0 aliphatic carbocycles. The van der Waals surface area contributed by atoms with Crippen molar-refractivity contribution in [1.82, 2.24) is 0 Å². The molecular weight excluding hydrogens is 210 g/mol. The van der Waals surface area contributed by atoms with Crippen molar-refractivity contribution in [2.75, 3.05) is 0 Å². The number of primary amides is 1. The Morgan fingerprint density at radius 3 is 1.67 bits per heavy atom. The first kappa shape index (κ1) is 14.4. The van der Waals surface area contributed by atoms with Crippen molar-refractivity contribution in [2.24, 2.45) is 5.73 Å². The lowest BCUT2D eigenvalue weighted by Gasteiger charge is -2.37. The quantitative estimate of drug-likeness (QED) is 0.743. The first-order valence-electron chi connectivity index (χ1n) is 5.38. The Kier molecular flexibility index (Phi) is 5.31. The highest BCUT2D eigenvalue weighted by atomic mass is 28.4. The van der Waals surface area contributed by atoms with Gasteiger partial charge in [0.15, 0.2) is 0 Å². The SMILES string of the molecule is CC(C)O[Si](OC(N)=O)(C(C)C)C(C)C. The average molecular weight is 233 g/mol. The van der Waals surface area contributed by atoms with Crippen molar-refractivity contribution in [3.63, 3.8) is 0 Å². The number of amides is 1. The van der Waals surface area contributed by atoms with Crippen LogP contribution in [0.25, 0.3) is 0 Å². The standard InChI is InChI=1S/C10H23NO3Si/c1-7(2)13-15(8(3)4,9(5)6)14-10(11)12/h7-9H,1-6H3,(H2,11,12). The Bertz CT molecular complexity index is 209. The van der Waals surface area contributed by atoms with Gasteiger partial charge in [0.25, 0.3) is 0 Å². The third-order valence-corrected chi connectivity index (χ3v) is 6.87. The first-order valence-corrected chi connectivity index (χ1v) is 7.35. The minimum Gasteiger partial charge on any atom is -0.478 e. The van der Waals surface area contributed by atoms with E-state index in [0.29, 0.717) is 0 Å². The van der Waals surface area contributed by atoms with Gasteiger partial charge >= 0.3 is 14.7 Å². The molecule has 0 fully saturated rings. The summed E-state index contributed by atoms with van der Waals surface area (Å²) in [5, 5.41) is 0. The number of carbonyl (C=O) groups is 1. The molecule has 0 aromatic carbocycles. The van der Waals surface area contributed by atoms with Crippen LogP contribution in [0.4, 0.5) is 4.79 Å². The Labute approximate surface area is 93.4 Å². The molecule has 1 amide bonds. The molecule has 0 atom stereocenters. The van der Waals surface area contributed by atoms with E-state index >= 15 is 0 Å². The molecule has 0 bridgehead atoms. The van der Waals surface area contributed by atoms with E-state index in [9.17, 15) is 4.79 Å². The normalized spacial score (nSPS) is 12.6. The molecule has 0 spiro atoms. The Morgan fingerprint density at radius 1 is 1.07 bits per heavy atom. The number of hydrogen-bond acceptors (Lipinski definition) is 3. The maximum absolute atomic E-state index is 11.0. The highest BCUT2D eigenvalue weighted by Crippen LogP contribution is 2.35. The van der Waals surface area contributed by atoms with E-state index in [1.807, 2.05) is 41.5 Å².